The maximum atomic E-state index is 8.88. The molecule has 0 aliphatic rings. The van der Waals surface area contributed by atoms with Crippen LogP contribution in [0.25, 0.3) is 0 Å². The van der Waals surface area contributed by atoms with Gasteiger partial charge in [0.05, 0.1) is 0 Å². The molecule has 0 saturated carbocycles. The summed E-state index contributed by atoms with van der Waals surface area (Å²) in [6.45, 7) is 6.08. The fraction of sp³-hybridized carbons (Fsp3) is 0.900. The number of hydrogen-bond donors (Lipinski definition) is 3. The predicted molar refractivity (Wildman–Crippen MR) is 62.2 cm³/mol. The second kappa shape index (κ2) is 15.7. The molecule has 0 bridgehead atoms. The maximum Gasteiger partial charge on any atom is 0.466 e. The van der Waals surface area contributed by atoms with Gasteiger partial charge in [-0.1, -0.05) is 51.9 Å². The molecule has 0 rings (SSSR count). The van der Waals surface area contributed by atoms with Crippen LogP contribution in [-0.2, 0) is 24.0 Å². The van der Waals surface area contributed by atoms with Crippen molar-refractivity contribution in [2.75, 3.05) is 0 Å². The van der Waals surface area contributed by atoms with Crippen LogP contribution in [0, 0.1) is 6.92 Å². The first-order valence-corrected chi connectivity index (χ1v) is 7.05. The molecule has 16 heavy (non-hydrogen) atoms. The molecule has 0 aliphatic heterocycles. The second-order valence-corrected chi connectivity index (χ2v) is 4.51. The van der Waals surface area contributed by atoms with Crippen molar-refractivity contribution in [3.8, 4) is 0 Å². The molecule has 0 amide bonds. The van der Waals surface area contributed by atoms with E-state index in [0.717, 1.165) is 6.42 Å². The van der Waals surface area contributed by atoms with Crippen LogP contribution in [0.3, 0.4) is 0 Å². The fourth-order valence-electron chi connectivity index (χ4n) is 1.13. The molecule has 0 aliphatic carbocycles. The predicted octanol–water partition coefficient (Wildman–Crippen LogP) is 3.03. The van der Waals surface area contributed by atoms with Crippen molar-refractivity contribution in [1.29, 1.82) is 0 Å². The number of rotatable bonds is 7. The fourth-order valence-corrected chi connectivity index (χ4v) is 1.13. The van der Waals surface area contributed by atoms with E-state index in [0.29, 0.717) is 0 Å². The molecule has 0 heterocycles. The molecule has 0 spiro atoms. The van der Waals surface area contributed by atoms with E-state index in [1.54, 1.807) is 0 Å². The minimum atomic E-state index is -4.64. The van der Waals surface area contributed by atoms with E-state index in [9.17, 15) is 0 Å². The molecular weight excluding hydrogens is 280 g/mol. The molecule has 0 radical (unpaired) electrons. The van der Waals surface area contributed by atoms with Crippen LogP contribution < -0.4 is 0 Å². The Bertz CT molecular complexity index is 145. The number of hydrogen-bond acceptors (Lipinski definition) is 1. The summed E-state index contributed by atoms with van der Waals surface area (Å²) in [4.78, 5) is 21.6. The summed E-state index contributed by atoms with van der Waals surface area (Å²) in [7, 11) is -4.64. The molecule has 0 atom stereocenters. The summed E-state index contributed by atoms with van der Waals surface area (Å²) in [6, 6.07) is 0. The Morgan fingerprint density at radius 2 is 1.25 bits per heavy atom. The van der Waals surface area contributed by atoms with Gasteiger partial charge in [-0.05, 0) is 0 Å². The van der Waals surface area contributed by atoms with Gasteiger partial charge in [0.1, 0.15) is 0 Å². The van der Waals surface area contributed by atoms with Gasteiger partial charge < -0.3 is 21.6 Å². The van der Waals surface area contributed by atoms with Gasteiger partial charge >= 0.3 is 7.82 Å². The largest absolute Gasteiger partial charge is 0.466 e. The van der Waals surface area contributed by atoms with Crippen molar-refractivity contribution in [2.45, 2.75) is 58.3 Å². The molecule has 4 nitrogen and oxygen atoms in total. The molecule has 0 aromatic rings. The summed E-state index contributed by atoms with van der Waals surface area (Å²) in [6.07, 6.45) is 10.9. The molecule has 96 valence electrons. The number of phosphoric acid groups is 1. The van der Waals surface area contributed by atoms with E-state index in [1.807, 2.05) is 0 Å². The average molecular weight is 305 g/mol. The van der Waals surface area contributed by atoms with Crippen molar-refractivity contribution in [1.82, 2.24) is 0 Å². The van der Waals surface area contributed by atoms with Crippen LogP contribution >= 0.6 is 7.82 Å². The van der Waals surface area contributed by atoms with E-state index in [2.05, 4.69) is 13.8 Å². The molecule has 3 N–H and O–H groups in total. The summed E-state index contributed by atoms with van der Waals surface area (Å²) >= 11 is 0. The minimum absolute atomic E-state index is 0. The Morgan fingerprint density at radius 1 is 0.938 bits per heavy atom. The van der Waals surface area contributed by atoms with E-state index >= 15 is 0 Å². The first kappa shape index (κ1) is 22.0. The topological polar surface area (TPSA) is 77.8 Å². The third-order valence-electron chi connectivity index (χ3n) is 1.85. The van der Waals surface area contributed by atoms with Crippen molar-refractivity contribution in [3.63, 3.8) is 0 Å². The minimum Gasteiger partial charge on any atom is -0.343 e. The van der Waals surface area contributed by atoms with Crippen molar-refractivity contribution in [2.24, 2.45) is 0 Å². The molecule has 0 saturated heterocycles. The van der Waals surface area contributed by atoms with Gasteiger partial charge in [0, 0.05) is 19.5 Å². The van der Waals surface area contributed by atoms with Crippen molar-refractivity contribution in [3.05, 3.63) is 6.92 Å². The average Bonchev–Trinajstić information content (AvgIpc) is 2.08. The quantitative estimate of drug-likeness (QED) is 0.292. The third-order valence-corrected chi connectivity index (χ3v) is 1.85. The van der Waals surface area contributed by atoms with Gasteiger partial charge in [0.15, 0.2) is 0 Å². The molecule has 0 fully saturated rings. The summed E-state index contributed by atoms with van der Waals surface area (Å²) in [5, 5.41) is 0. The monoisotopic (exact) mass is 303 g/mol. The summed E-state index contributed by atoms with van der Waals surface area (Å²) in [5.74, 6) is 0. The van der Waals surface area contributed by atoms with Crippen LogP contribution in [0.15, 0.2) is 0 Å². The zero-order chi connectivity index (χ0) is 12.2. The zero-order valence-electron chi connectivity index (χ0n) is 10.3. The van der Waals surface area contributed by atoms with Crippen molar-refractivity contribution >= 4 is 7.82 Å². The van der Waals surface area contributed by atoms with E-state index in [4.69, 9.17) is 19.2 Å². The van der Waals surface area contributed by atoms with Gasteiger partial charge in [0.25, 0.3) is 0 Å². The first-order chi connectivity index (χ1) is 6.91. The Kier molecular flexibility index (Phi) is 21.6. The third kappa shape index (κ3) is 46.5. The van der Waals surface area contributed by atoms with Crippen LogP contribution in [0.5, 0.6) is 0 Å². The molecule has 6 heteroatoms. The van der Waals surface area contributed by atoms with Gasteiger partial charge in [0.2, 0.25) is 0 Å². The molecule has 0 aromatic heterocycles. The number of unbranched alkanes of at least 4 members (excludes halogenated alkanes) is 7. The SMILES string of the molecule is O=P(O)(O)O.[CH2-]CCCCCCCCC.[Zn]. The second-order valence-electron chi connectivity index (χ2n) is 3.49. The van der Waals surface area contributed by atoms with Crippen LogP contribution in [0.2, 0.25) is 0 Å². The maximum absolute atomic E-state index is 8.88. The summed E-state index contributed by atoms with van der Waals surface area (Å²) < 4.78 is 8.88. The van der Waals surface area contributed by atoms with E-state index in [1.165, 1.54) is 44.9 Å². The van der Waals surface area contributed by atoms with E-state index in [-0.39, 0.29) is 19.5 Å². The van der Waals surface area contributed by atoms with Gasteiger partial charge in [-0.2, -0.15) is 6.42 Å². The Balaban J connectivity index is -0.000000242. The molecule has 0 unspecified atom stereocenters. The smallest absolute Gasteiger partial charge is 0.343 e. The van der Waals surface area contributed by atoms with Crippen molar-refractivity contribution < 1.29 is 38.7 Å². The standard InChI is InChI=1S/C10H21.H3O4P.Zn/c1-3-5-7-9-10-8-6-4-2;1-5(2,3)4;/h1,3-10H2,2H3;(H3,1,2,3,4);/q-1;;. The zero-order valence-corrected chi connectivity index (χ0v) is 14.1. The van der Waals surface area contributed by atoms with Crippen LogP contribution in [-0.4, -0.2) is 14.7 Å². The first-order valence-electron chi connectivity index (χ1n) is 5.49. The normalized spacial score (nSPS) is 10.1. The molecule has 0 aromatic carbocycles. The Morgan fingerprint density at radius 3 is 1.56 bits per heavy atom. The summed E-state index contributed by atoms with van der Waals surface area (Å²) in [5.41, 5.74) is 0. The molecular formula is C10H24O4PZn-. The van der Waals surface area contributed by atoms with Crippen LogP contribution in [0.1, 0.15) is 58.3 Å². The Labute approximate surface area is 112 Å². The van der Waals surface area contributed by atoms with Crippen LogP contribution in [0.4, 0.5) is 0 Å². The van der Waals surface area contributed by atoms with Gasteiger partial charge in [-0.15, -0.1) is 0 Å². The van der Waals surface area contributed by atoms with E-state index < -0.39 is 7.82 Å². The van der Waals surface area contributed by atoms with Gasteiger partial charge in [-0.3, -0.25) is 0 Å². The van der Waals surface area contributed by atoms with Gasteiger partial charge in [-0.25, -0.2) is 4.57 Å². The Hall–Kier alpha value is 0.733.